The first-order valence-corrected chi connectivity index (χ1v) is 11.4. The summed E-state index contributed by atoms with van der Waals surface area (Å²) >= 11 is 0. The van der Waals surface area contributed by atoms with E-state index in [0.717, 1.165) is 51.6 Å². The Bertz CT molecular complexity index is 1320. The van der Waals surface area contributed by atoms with Gasteiger partial charge in [-0.15, -0.1) is 0 Å². The molecule has 1 atom stereocenters. The third-order valence-corrected chi connectivity index (χ3v) is 7.15. The number of anilines is 2. The summed E-state index contributed by atoms with van der Waals surface area (Å²) in [5, 5.41) is 12.3. The van der Waals surface area contributed by atoms with Gasteiger partial charge in [-0.25, -0.2) is 14.5 Å². The molecule has 0 spiro atoms. The Balaban J connectivity index is 1.24. The van der Waals surface area contributed by atoms with Crippen LogP contribution < -0.4 is 15.8 Å². The summed E-state index contributed by atoms with van der Waals surface area (Å²) in [4.78, 5) is 8.76. The Labute approximate surface area is 192 Å². The van der Waals surface area contributed by atoms with Crippen molar-refractivity contribution in [2.75, 3.05) is 11.9 Å². The van der Waals surface area contributed by atoms with E-state index in [1.165, 1.54) is 19.3 Å². The number of aromatic nitrogens is 6. The van der Waals surface area contributed by atoms with Gasteiger partial charge in [-0.2, -0.15) is 10.2 Å². The van der Waals surface area contributed by atoms with Gasteiger partial charge in [0.25, 0.3) is 0 Å². The van der Waals surface area contributed by atoms with Gasteiger partial charge >= 0.3 is 0 Å². The molecule has 0 amide bonds. The zero-order valence-corrected chi connectivity index (χ0v) is 19.1. The first-order chi connectivity index (χ1) is 15.9. The van der Waals surface area contributed by atoms with E-state index in [9.17, 15) is 0 Å². The minimum atomic E-state index is 0.0792. The van der Waals surface area contributed by atoms with Crippen molar-refractivity contribution in [3.63, 3.8) is 0 Å². The van der Waals surface area contributed by atoms with Gasteiger partial charge in [-0.3, -0.25) is 4.68 Å². The molecule has 9 heteroatoms. The van der Waals surface area contributed by atoms with Crippen LogP contribution in [0.15, 0.2) is 36.7 Å². The number of fused-ring (bicyclic) bond motifs is 1. The minimum Gasteiger partial charge on any atom is -0.488 e. The van der Waals surface area contributed by atoms with E-state index in [4.69, 9.17) is 10.5 Å². The maximum Gasteiger partial charge on any atom is 0.165 e. The van der Waals surface area contributed by atoms with Crippen molar-refractivity contribution in [2.24, 2.45) is 24.1 Å². The molecule has 170 valence electrons. The third kappa shape index (κ3) is 3.43. The van der Waals surface area contributed by atoms with Crippen LogP contribution in [0.25, 0.3) is 16.8 Å². The molecular weight excluding hydrogens is 416 g/mol. The predicted molar refractivity (Wildman–Crippen MR) is 125 cm³/mol. The molecule has 4 heterocycles. The number of rotatable bonds is 7. The predicted octanol–water partition coefficient (Wildman–Crippen LogP) is 3.39. The van der Waals surface area contributed by atoms with Gasteiger partial charge in [0.15, 0.2) is 11.6 Å². The average Bonchev–Trinajstić information content (AvgIpc) is 3.24. The number of nitrogens with two attached hydrogens (primary N) is 1. The van der Waals surface area contributed by atoms with Crippen molar-refractivity contribution in [2.45, 2.75) is 39.2 Å². The van der Waals surface area contributed by atoms with Gasteiger partial charge in [0.1, 0.15) is 23.9 Å². The lowest BCUT2D eigenvalue weighted by Crippen LogP contribution is -2.63. The lowest BCUT2D eigenvalue weighted by molar-refractivity contribution is -0.131. The first-order valence-electron chi connectivity index (χ1n) is 11.4. The Hall–Kier alpha value is -3.46. The number of hydrogen-bond acceptors (Lipinski definition) is 7. The first kappa shape index (κ1) is 20.2. The van der Waals surface area contributed by atoms with Crippen LogP contribution in [0, 0.1) is 25.2 Å². The van der Waals surface area contributed by atoms with Crippen LogP contribution in [0.5, 0.6) is 5.75 Å². The number of nitrogens with zero attached hydrogens (tertiary/aromatic N) is 6. The quantitative estimate of drug-likeness (QED) is 0.450. The second-order valence-electron chi connectivity index (χ2n) is 9.62. The molecule has 0 aliphatic heterocycles. The highest BCUT2D eigenvalue weighted by atomic mass is 16.5. The fraction of sp³-hybridized carbons (Fsp3) is 0.417. The molecule has 9 nitrogen and oxygen atoms in total. The summed E-state index contributed by atoms with van der Waals surface area (Å²) in [6, 6.07) is 8.08. The van der Waals surface area contributed by atoms with Crippen LogP contribution in [0.3, 0.4) is 0 Å². The van der Waals surface area contributed by atoms with Gasteiger partial charge in [0, 0.05) is 42.7 Å². The molecule has 1 unspecified atom stereocenters. The molecule has 4 aromatic rings. The van der Waals surface area contributed by atoms with E-state index in [1.807, 2.05) is 54.5 Å². The molecule has 7 rings (SSSR count). The standard InChI is InChI=1S/C24H28N8O/c1-14-6-21(28-15(2)27-14)29-22-8-18-7-17(4-5-32(18)30-22)23-19(12-26-31(23)3)33-13-20(25)24-9-16(10-24)11-24/h4-8,12,16,20H,9-11,13,25H2,1-3H3,(H,27,28,29,30). The third-order valence-electron chi connectivity index (χ3n) is 7.15. The van der Waals surface area contributed by atoms with Crippen molar-refractivity contribution in [1.82, 2.24) is 29.4 Å². The van der Waals surface area contributed by atoms with E-state index < -0.39 is 0 Å². The number of hydrogen-bond donors (Lipinski definition) is 2. The number of ether oxygens (including phenoxy) is 1. The van der Waals surface area contributed by atoms with E-state index in [-0.39, 0.29) is 6.04 Å². The summed E-state index contributed by atoms with van der Waals surface area (Å²) in [5.41, 5.74) is 10.6. The summed E-state index contributed by atoms with van der Waals surface area (Å²) in [7, 11) is 1.93. The maximum absolute atomic E-state index is 6.47. The van der Waals surface area contributed by atoms with Crippen molar-refractivity contribution >= 4 is 17.2 Å². The molecule has 0 radical (unpaired) electrons. The van der Waals surface area contributed by atoms with Gasteiger partial charge in [-0.1, -0.05) is 0 Å². The molecular formula is C24H28N8O. The Morgan fingerprint density at radius 2 is 2.00 bits per heavy atom. The topological polar surface area (TPSA) is 108 Å². The second kappa shape index (κ2) is 7.28. The lowest BCUT2D eigenvalue weighted by atomic mass is 9.42. The highest BCUT2D eigenvalue weighted by molar-refractivity contribution is 5.72. The molecule has 3 saturated carbocycles. The van der Waals surface area contributed by atoms with E-state index >= 15 is 0 Å². The molecule has 0 aromatic carbocycles. The summed E-state index contributed by atoms with van der Waals surface area (Å²) in [6.07, 6.45) is 7.51. The summed E-state index contributed by atoms with van der Waals surface area (Å²) in [5.74, 6) is 3.84. The monoisotopic (exact) mass is 444 g/mol. The number of aryl methyl sites for hydroxylation is 3. The van der Waals surface area contributed by atoms with E-state index in [0.29, 0.717) is 12.0 Å². The average molecular weight is 445 g/mol. The number of pyridine rings is 1. The SMILES string of the molecule is Cc1cc(Nc2cc3cc(-c4c(OCC(N)C56CC(C5)C6)cnn4C)ccn3n2)nc(C)n1. The van der Waals surface area contributed by atoms with Crippen LogP contribution in [-0.4, -0.2) is 42.0 Å². The molecule has 4 aromatic heterocycles. The fourth-order valence-corrected chi connectivity index (χ4v) is 5.32. The molecule has 0 saturated heterocycles. The second-order valence-corrected chi connectivity index (χ2v) is 9.62. The van der Waals surface area contributed by atoms with E-state index in [2.05, 4.69) is 31.5 Å². The van der Waals surface area contributed by atoms with Gasteiger partial charge in [0.2, 0.25) is 0 Å². The highest BCUT2D eigenvalue weighted by Gasteiger charge is 2.59. The summed E-state index contributed by atoms with van der Waals surface area (Å²) < 4.78 is 9.86. The molecule has 3 aliphatic rings. The minimum absolute atomic E-state index is 0.0792. The van der Waals surface area contributed by atoms with Crippen molar-refractivity contribution in [3.05, 3.63) is 48.2 Å². The molecule has 2 bridgehead atoms. The normalized spacial score (nSPS) is 22.0. The van der Waals surface area contributed by atoms with Crippen LogP contribution >= 0.6 is 0 Å². The molecule has 3 fully saturated rings. The Kier molecular flexibility index (Phi) is 4.45. The van der Waals surface area contributed by atoms with Crippen LogP contribution in [0.4, 0.5) is 11.6 Å². The lowest BCUT2D eigenvalue weighted by Gasteiger charge is -2.64. The molecule has 3 N–H and O–H groups in total. The van der Waals surface area contributed by atoms with E-state index in [1.54, 1.807) is 6.20 Å². The zero-order valence-electron chi connectivity index (χ0n) is 19.1. The van der Waals surface area contributed by atoms with Crippen LogP contribution in [0.2, 0.25) is 0 Å². The van der Waals surface area contributed by atoms with Crippen LogP contribution in [-0.2, 0) is 7.05 Å². The van der Waals surface area contributed by atoms with Gasteiger partial charge in [0.05, 0.1) is 11.7 Å². The summed E-state index contributed by atoms with van der Waals surface area (Å²) in [6.45, 7) is 4.35. The highest BCUT2D eigenvalue weighted by Crippen LogP contribution is 2.65. The fourth-order valence-electron chi connectivity index (χ4n) is 5.32. The zero-order chi connectivity index (χ0) is 22.7. The van der Waals surface area contributed by atoms with Gasteiger partial charge in [-0.05, 0) is 56.6 Å². The number of nitrogens with one attached hydrogen (secondary N) is 1. The largest absolute Gasteiger partial charge is 0.488 e. The van der Waals surface area contributed by atoms with Gasteiger partial charge < -0.3 is 15.8 Å². The van der Waals surface area contributed by atoms with Crippen LogP contribution in [0.1, 0.15) is 30.8 Å². The van der Waals surface area contributed by atoms with Crippen molar-refractivity contribution < 1.29 is 4.74 Å². The maximum atomic E-state index is 6.47. The molecule has 3 aliphatic carbocycles. The Morgan fingerprint density at radius 1 is 1.18 bits per heavy atom. The van der Waals surface area contributed by atoms with Crippen molar-refractivity contribution in [3.8, 4) is 17.0 Å². The van der Waals surface area contributed by atoms with Crippen molar-refractivity contribution in [1.29, 1.82) is 0 Å². The Morgan fingerprint density at radius 3 is 2.73 bits per heavy atom. The smallest absolute Gasteiger partial charge is 0.165 e. The molecule has 33 heavy (non-hydrogen) atoms.